The second-order valence-electron chi connectivity index (χ2n) is 5.67. The van der Waals surface area contributed by atoms with Gasteiger partial charge >= 0.3 is 0 Å². The molecule has 0 aliphatic carbocycles. The summed E-state index contributed by atoms with van der Waals surface area (Å²) in [7, 11) is 0. The van der Waals surface area contributed by atoms with Crippen LogP contribution in [0.5, 0.6) is 0 Å². The molecule has 0 aliphatic heterocycles. The zero-order valence-electron chi connectivity index (χ0n) is 13.2. The van der Waals surface area contributed by atoms with Gasteiger partial charge in [-0.25, -0.2) is 4.39 Å². The maximum atomic E-state index is 13.3. The molecule has 5 heteroatoms. The summed E-state index contributed by atoms with van der Waals surface area (Å²) in [5, 5.41) is 3.19. The molecule has 1 atom stereocenters. The van der Waals surface area contributed by atoms with Crippen molar-refractivity contribution in [1.82, 2.24) is 9.88 Å². The molecule has 0 saturated carbocycles. The Kier molecular flexibility index (Phi) is 4.42. The summed E-state index contributed by atoms with van der Waals surface area (Å²) in [5.41, 5.74) is 1.28. The lowest BCUT2D eigenvalue weighted by Gasteiger charge is -2.16. The number of fused-ring (bicyclic) bond motifs is 1. The van der Waals surface area contributed by atoms with Crippen molar-refractivity contribution in [2.24, 2.45) is 0 Å². The van der Waals surface area contributed by atoms with Crippen LogP contribution in [0, 0.1) is 5.82 Å². The summed E-state index contributed by atoms with van der Waals surface area (Å²) in [5.74, 6) is -0.653. The maximum Gasteiger partial charge on any atom is 0.240 e. The van der Waals surface area contributed by atoms with Crippen LogP contribution in [0.1, 0.15) is 18.5 Å². The molecule has 122 valence electrons. The predicted octanol–water partition coefficient (Wildman–Crippen LogP) is 3.02. The Morgan fingerprint density at radius 1 is 1.17 bits per heavy atom. The van der Waals surface area contributed by atoms with Gasteiger partial charge in [-0.15, -0.1) is 0 Å². The molecular formula is C19H17FN2O2. The third-order valence-electron chi connectivity index (χ3n) is 3.93. The van der Waals surface area contributed by atoms with Gasteiger partial charge < -0.3 is 9.88 Å². The molecule has 3 rings (SSSR count). The van der Waals surface area contributed by atoms with Crippen LogP contribution < -0.4 is 10.7 Å². The van der Waals surface area contributed by atoms with Gasteiger partial charge in [-0.1, -0.05) is 30.3 Å². The van der Waals surface area contributed by atoms with E-state index in [2.05, 4.69) is 5.32 Å². The number of amides is 1. The van der Waals surface area contributed by atoms with Gasteiger partial charge in [0.1, 0.15) is 12.4 Å². The topological polar surface area (TPSA) is 51.1 Å². The van der Waals surface area contributed by atoms with Gasteiger partial charge in [0, 0.05) is 17.6 Å². The SMILES string of the molecule is C[C@H](NC(=O)Cn1ccc(=O)c2cc(F)ccc21)c1ccccc1. The second kappa shape index (κ2) is 6.66. The number of benzene rings is 2. The summed E-state index contributed by atoms with van der Waals surface area (Å²) >= 11 is 0. The number of hydrogen-bond acceptors (Lipinski definition) is 2. The molecule has 0 fully saturated rings. The van der Waals surface area contributed by atoms with E-state index in [1.807, 2.05) is 37.3 Å². The van der Waals surface area contributed by atoms with E-state index in [0.717, 1.165) is 5.56 Å². The first-order chi connectivity index (χ1) is 11.5. The fourth-order valence-electron chi connectivity index (χ4n) is 2.69. The minimum Gasteiger partial charge on any atom is -0.348 e. The fraction of sp³-hybridized carbons (Fsp3) is 0.158. The fourth-order valence-corrected chi connectivity index (χ4v) is 2.69. The molecule has 0 bridgehead atoms. The van der Waals surface area contributed by atoms with Crippen LogP contribution in [0.3, 0.4) is 0 Å². The first-order valence-corrected chi connectivity index (χ1v) is 7.67. The van der Waals surface area contributed by atoms with Crippen LogP contribution >= 0.6 is 0 Å². The van der Waals surface area contributed by atoms with Gasteiger partial charge in [0.25, 0.3) is 0 Å². The minimum atomic E-state index is -0.473. The Labute approximate surface area is 138 Å². The highest BCUT2D eigenvalue weighted by molar-refractivity contribution is 5.82. The van der Waals surface area contributed by atoms with E-state index < -0.39 is 5.82 Å². The van der Waals surface area contributed by atoms with Crippen LogP contribution in [0.4, 0.5) is 4.39 Å². The van der Waals surface area contributed by atoms with Gasteiger partial charge in [0.05, 0.1) is 11.6 Å². The number of hydrogen-bond donors (Lipinski definition) is 1. The number of carbonyl (C=O) groups excluding carboxylic acids is 1. The Morgan fingerprint density at radius 3 is 2.67 bits per heavy atom. The average Bonchev–Trinajstić information content (AvgIpc) is 2.58. The first kappa shape index (κ1) is 15.9. The largest absolute Gasteiger partial charge is 0.348 e. The summed E-state index contributed by atoms with van der Waals surface area (Å²) in [6.07, 6.45) is 1.55. The van der Waals surface area contributed by atoms with E-state index in [1.54, 1.807) is 10.8 Å². The number of nitrogens with one attached hydrogen (secondary N) is 1. The molecule has 2 aromatic carbocycles. The van der Waals surface area contributed by atoms with Crippen LogP contribution in [0.2, 0.25) is 0 Å². The molecule has 0 spiro atoms. The van der Waals surface area contributed by atoms with E-state index in [0.29, 0.717) is 5.52 Å². The Bertz CT molecular complexity index is 935. The average molecular weight is 324 g/mol. The summed E-state index contributed by atoms with van der Waals surface area (Å²) in [4.78, 5) is 24.2. The number of halogens is 1. The molecule has 0 unspecified atom stereocenters. The molecule has 1 heterocycles. The molecule has 24 heavy (non-hydrogen) atoms. The predicted molar refractivity (Wildman–Crippen MR) is 91.2 cm³/mol. The van der Waals surface area contributed by atoms with Crippen molar-refractivity contribution in [3.63, 3.8) is 0 Å². The van der Waals surface area contributed by atoms with Gasteiger partial charge in [-0.05, 0) is 30.7 Å². The number of nitrogens with zero attached hydrogens (tertiary/aromatic N) is 1. The molecule has 1 N–H and O–H groups in total. The van der Waals surface area contributed by atoms with Gasteiger partial charge in [0.15, 0.2) is 5.43 Å². The molecule has 0 aliphatic rings. The third-order valence-corrected chi connectivity index (χ3v) is 3.93. The normalized spacial score (nSPS) is 12.1. The molecule has 4 nitrogen and oxygen atoms in total. The number of aromatic nitrogens is 1. The van der Waals surface area contributed by atoms with E-state index in [9.17, 15) is 14.0 Å². The monoisotopic (exact) mass is 324 g/mol. The Morgan fingerprint density at radius 2 is 1.92 bits per heavy atom. The maximum absolute atomic E-state index is 13.3. The first-order valence-electron chi connectivity index (χ1n) is 7.67. The lowest BCUT2D eigenvalue weighted by molar-refractivity contribution is -0.122. The van der Waals surface area contributed by atoms with Gasteiger partial charge in [-0.3, -0.25) is 9.59 Å². The van der Waals surface area contributed by atoms with E-state index in [4.69, 9.17) is 0 Å². The van der Waals surface area contributed by atoms with Gasteiger partial charge in [-0.2, -0.15) is 0 Å². The summed E-state index contributed by atoms with van der Waals surface area (Å²) < 4.78 is 15.0. The van der Waals surface area contributed by atoms with Crippen molar-refractivity contribution >= 4 is 16.8 Å². The van der Waals surface area contributed by atoms with Crippen LogP contribution in [0.15, 0.2) is 65.6 Å². The molecule has 1 aromatic heterocycles. The number of pyridine rings is 1. The number of carbonyl (C=O) groups is 1. The quantitative estimate of drug-likeness (QED) is 0.802. The zero-order chi connectivity index (χ0) is 17.1. The van der Waals surface area contributed by atoms with Crippen LogP contribution in [0.25, 0.3) is 10.9 Å². The van der Waals surface area contributed by atoms with Crippen molar-refractivity contribution in [1.29, 1.82) is 0 Å². The molecule has 0 saturated heterocycles. The molecular weight excluding hydrogens is 307 g/mol. The van der Waals surface area contributed by atoms with Gasteiger partial charge in [0.2, 0.25) is 5.91 Å². The third kappa shape index (κ3) is 3.35. The summed E-state index contributed by atoms with van der Waals surface area (Å²) in [6, 6.07) is 14.9. The Balaban J connectivity index is 1.81. The van der Waals surface area contributed by atoms with E-state index in [-0.39, 0.29) is 29.3 Å². The van der Waals surface area contributed by atoms with Crippen molar-refractivity contribution in [3.05, 3.63) is 82.4 Å². The molecule has 0 radical (unpaired) electrons. The minimum absolute atomic E-state index is 0.0551. The standard InChI is InChI=1S/C19H17FN2O2/c1-13(14-5-3-2-4-6-14)21-19(24)12-22-10-9-18(23)16-11-15(20)7-8-17(16)22/h2-11,13H,12H2,1H3,(H,21,24)/t13-/m0/s1. The molecule has 3 aromatic rings. The smallest absolute Gasteiger partial charge is 0.240 e. The highest BCUT2D eigenvalue weighted by Gasteiger charge is 2.11. The summed E-state index contributed by atoms with van der Waals surface area (Å²) in [6.45, 7) is 1.96. The zero-order valence-corrected chi connectivity index (χ0v) is 13.2. The second-order valence-corrected chi connectivity index (χ2v) is 5.67. The lowest BCUT2D eigenvalue weighted by atomic mass is 10.1. The highest BCUT2D eigenvalue weighted by Crippen LogP contribution is 2.13. The van der Waals surface area contributed by atoms with Crippen molar-refractivity contribution in [2.45, 2.75) is 19.5 Å². The number of rotatable bonds is 4. The van der Waals surface area contributed by atoms with E-state index >= 15 is 0 Å². The van der Waals surface area contributed by atoms with Crippen molar-refractivity contribution in [3.8, 4) is 0 Å². The lowest BCUT2D eigenvalue weighted by Crippen LogP contribution is -2.30. The Hall–Kier alpha value is -2.95. The van der Waals surface area contributed by atoms with Crippen LogP contribution in [-0.2, 0) is 11.3 Å². The van der Waals surface area contributed by atoms with E-state index in [1.165, 1.54) is 24.3 Å². The van der Waals surface area contributed by atoms with Crippen molar-refractivity contribution < 1.29 is 9.18 Å². The van der Waals surface area contributed by atoms with Crippen LogP contribution in [-0.4, -0.2) is 10.5 Å². The van der Waals surface area contributed by atoms with Crippen molar-refractivity contribution in [2.75, 3.05) is 0 Å². The highest BCUT2D eigenvalue weighted by atomic mass is 19.1. The molecule has 1 amide bonds.